The lowest BCUT2D eigenvalue weighted by molar-refractivity contribution is 0.789. The molecule has 0 aliphatic heterocycles. The highest BCUT2D eigenvalue weighted by atomic mass is 35.5. The standard InChI is InChI=1S/C21H17N7.C16H15N3.C5H3ClN4/c1-13(27-21-19-20(24-11-23-19)25-12-26-21)18-15(14-6-3-2-4-7-14)10-17-16(28-18)8-5-9-22-17;1-11(17)16-13(12-6-3-2-4-7-12)10-15-14(19-16)8-5-9-18-15;6-4-3-5(9-1-7-3)10-2-8-4/h2-13H,1H3,(H2,23,24,25,26,27);2-11H,17H2,1H3;1-2H,(H,7,8,9,10). The number of nitrogens with two attached hydrogens (primary N) is 1. The van der Waals surface area contributed by atoms with Gasteiger partial charge in [0.1, 0.15) is 23.7 Å². The van der Waals surface area contributed by atoms with Gasteiger partial charge >= 0.3 is 0 Å². The summed E-state index contributed by atoms with van der Waals surface area (Å²) >= 11 is 5.68. The molecule has 57 heavy (non-hydrogen) atoms. The quantitative estimate of drug-likeness (QED) is 0.118. The van der Waals surface area contributed by atoms with Crippen LogP contribution in [0.5, 0.6) is 0 Å². The molecule has 10 aromatic rings. The Hall–Kier alpha value is -7.29. The number of nitrogens with one attached hydrogen (secondary N) is 3. The van der Waals surface area contributed by atoms with Crippen LogP contribution in [0.25, 0.3) is 66.6 Å². The predicted molar refractivity (Wildman–Crippen MR) is 223 cm³/mol. The first kappa shape index (κ1) is 36.7. The van der Waals surface area contributed by atoms with Crippen molar-refractivity contribution in [3.05, 3.63) is 151 Å². The largest absolute Gasteiger partial charge is 0.360 e. The second kappa shape index (κ2) is 16.6. The van der Waals surface area contributed by atoms with Crippen LogP contribution in [0, 0.1) is 0 Å². The Morgan fingerprint density at radius 1 is 0.561 bits per heavy atom. The summed E-state index contributed by atoms with van der Waals surface area (Å²) < 4.78 is 0. The summed E-state index contributed by atoms with van der Waals surface area (Å²) in [6.45, 7) is 4.03. The number of hydrogen-bond acceptors (Lipinski definition) is 12. The van der Waals surface area contributed by atoms with Gasteiger partial charge in [-0.3, -0.25) is 9.97 Å². The number of pyridine rings is 4. The van der Waals surface area contributed by atoms with Crippen molar-refractivity contribution in [2.45, 2.75) is 25.9 Å². The molecule has 0 spiro atoms. The zero-order chi connectivity index (χ0) is 39.1. The number of halogens is 1. The van der Waals surface area contributed by atoms with Gasteiger partial charge in [0.2, 0.25) is 0 Å². The van der Waals surface area contributed by atoms with Gasteiger partial charge in [0, 0.05) is 29.6 Å². The summed E-state index contributed by atoms with van der Waals surface area (Å²) in [6, 6.07) is 32.1. The molecule has 0 saturated carbocycles. The van der Waals surface area contributed by atoms with E-state index in [4.69, 9.17) is 22.3 Å². The van der Waals surface area contributed by atoms with E-state index in [2.05, 4.69) is 103 Å². The Morgan fingerprint density at radius 2 is 1.09 bits per heavy atom. The maximum absolute atomic E-state index is 6.06. The zero-order valence-corrected chi connectivity index (χ0v) is 31.5. The number of imidazole rings is 2. The number of H-pyrrole nitrogens is 2. The summed E-state index contributed by atoms with van der Waals surface area (Å²) in [5.74, 6) is 0.696. The highest BCUT2D eigenvalue weighted by molar-refractivity contribution is 6.33. The first-order valence-corrected chi connectivity index (χ1v) is 18.4. The summed E-state index contributed by atoms with van der Waals surface area (Å²) in [5.41, 5.74) is 18.4. The summed E-state index contributed by atoms with van der Waals surface area (Å²) in [5, 5.41) is 3.86. The normalized spacial score (nSPS) is 12.1. The molecular formula is C42H35ClN14. The van der Waals surface area contributed by atoms with Crippen LogP contribution in [-0.4, -0.2) is 59.8 Å². The van der Waals surface area contributed by atoms with Crippen molar-refractivity contribution < 1.29 is 0 Å². The molecule has 10 rings (SSSR count). The Kier molecular flexibility index (Phi) is 10.7. The van der Waals surface area contributed by atoms with Crippen LogP contribution in [0.4, 0.5) is 5.82 Å². The molecule has 8 heterocycles. The van der Waals surface area contributed by atoms with Crippen molar-refractivity contribution in [3.8, 4) is 22.3 Å². The fourth-order valence-corrected chi connectivity index (χ4v) is 6.47. The maximum Gasteiger partial charge on any atom is 0.182 e. The van der Waals surface area contributed by atoms with E-state index in [1.807, 2.05) is 67.6 Å². The number of rotatable bonds is 6. The number of aromatic nitrogens is 12. The van der Waals surface area contributed by atoms with Gasteiger partial charge in [-0.2, -0.15) is 0 Å². The molecule has 0 aliphatic carbocycles. The van der Waals surface area contributed by atoms with Gasteiger partial charge in [0.15, 0.2) is 22.3 Å². The second-order valence-corrected chi connectivity index (χ2v) is 13.3. The Labute approximate surface area is 331 Å². The molecule has 0 aliphatic rings. The first-order chi connectivity index (χ1) is 27.9. The van der Waals surface area contributed by atoms with Gasteiger partial charge in [-0.1, -0.05) is 72.3 Å². The summed E-state index contributed by atoms with van der Waals surface area (Å²) in [7, 11) is 0. The molecule has 8 aromatic heterocycles. The average Bonchev–Trinajstić information content (AvgIpc) is 3.96. The molecule has 5 N–H and O–H groups in total. The molecule has 15 heteroatoms. The van der Waals surface area contributed by atoms with E-state index in [-0.39, 0.29) is 12.1 Å². The summed E-state index contributed by atoms with van der Waals surface area (Å²) in [4.78, 5) is 48.6. The van der Waals surface area contributed by atoms with Crippen LogP contribution >= 0.6 is 11.6 Å². The molecule has 0 fully saturated rings. The molecule has 280 valence electrons. The van der Waals surface area contributed by atoms with E-state index in [9.17, 15) is 0 Å². The maximum atomic E-state index is 6.06. The second-order valence-electron chi connectivity index (χ2n) is 12.9. The van der Waals surface area contributed by atoms with Gasteiger partial charge in [-0.15, -0.1) is 0 Å². The van der Waals surface area contributed by atoms with Gasteiger partial charge in [-0.05, 0) is 61.4 Å². The number of nitrogens with zero attached hydrogens (tertiary/aromatic N) is 10. The minimum Gasteiger partial charge on any atom is -0.360 e. The summed E-state index contributed by atoms with van der Waals surface area (Å²) in [6.07, 6.45) is 9.61. The fraction of sp³-hybridized carbons (Fsp3) is 0.0952. The topological polar surface area (TPSA) is 199 Å². The Bertz CT molecular complexity index is 2920. The van der Waals surface area contributed by atoms with E-state index in [0.29, 0.717) is 27.8 Å². The average molecular weight is 771 g/mol. The van der Waals surface area contributed by atoms with E-state index in [1.54, 1.807) is 18.7 Å². The minimum atomic E-state index is -0.111. The highest BCUT2D eigenvalue weighted by Gasteiger charge is 2.18. The minimum absolute atomic E-state index is 0.0961. The lowest BCUT2D eigenvalue weighted by Gasteiger charge is -2.18. The zero-order valence-electron chi connectivity index (χ0n) is 30.8. The van der Waals surface area contributed by atoms with Crippen molar-refractivity contribution >= 4 is 61.8 Å². The van der Waals surface area contributed by atoms with Crippen LogP contribution in [-0.2, 0) is 0 Å². The van der Waals surface area contributed by atoms with Crippen molar-refractivity contribution in [3.63, 3.8) is 0 Å². The van der Waals surface area contributed by atoms with Crippen molar-refractivity contribution in [2.24, 2.45) is 5.73 Å². The lowest BCUT2D eigenvalue weighted by Crippen LogP contribution is -2.12. The van der Waals surface area contributed by atoms with E-state index < -0.39 is 0 Å². The SMILES string of the molecule is CC(N)c1nc2cccnc2cc1-c1ccccc1.CC(Nc1ncnc2nc[nH]c12)c1nc2cccnc2cc1-c1ccccc1.Clc1ncnc2nc[nH]c12. The smallest absolute Gasteiger partial charge is 0.182 e. The third-order valence-corrected chi connectivity index (χ3v) is 9.28. The number of aromatic amines is 2. The molecule has 2 aromatic carbocycles. The van der Waals surface area contributed by atoms with E-state index >= 15 is 0 Å². The molecule has 2 atom stereocenters. The number of hydrogen-bond donors (Lipinski definition) is 4. The first-order valence-electron chi connectivity index (χ1n) is 18.0. The van der Waals surface area contributed by atoms with Gasteiger partial charge < -0.3 is 21.0 Å². The molecule has 14 nitrogen and oxygen atoms in total. The molecule has 2 unspecified atom stereocenters. The van der Waals surface area contributed by atoms with Crippen molar-refractivity contribution in [1.29, 1.82) is 0 Å². The third-order valence-electron chi connectivity index (χ3n) is 8.99. The highest BCUT2D eigenvalue weighted by Crippen LogP contribution is 2.32. The number of benzene rings is 2. The fourth-order valence-electron chi connectivity index (χ4n) is 6.29. The molecule has 0 amide bonds. The van der Waals surface area contributed by atoms with Crippen LogP contribution < -0.4 is 11.1 Å². The molecular weight excluding hydrogens is 736 g/mol. The Balaban J connectivity index is 0.000000134. The van der Waals surface area contributed by atoms with Crippen molar-refractivity contribution in [1.82, 2.24) is 59.8 Å². The van der Waals surface area contributed by atoms with Gasteiger partial charge in [-0.25, -0.2) is 39.9 Å². The van der Waals surface area contributed by atoms with Crippen LogP contribution in [0.2, 0.25) is 5.15 Å². The monoisotopic (exact) mass is 770 g/mol. The number of anilines is 1. The van der Waals surface area contributed by atoms with Gasteiger partial charge in [0.25, 0.3) is 0 Å². The van der Waals surface area contributed by atoms with Gasteiger partial charge in [0.05, 0.1) is 52.2 Å². The van der Waals surface area contributed by atoms with E-state index in [0.717, 1.165) is 61.2 Å². The number of fused-ring (bicyclic) bond motifs is 4. The molecule has 0 saturated heterocycles. The lowest BCUT2D eigenvalue weighted by atomic mass is 9.99. The van der Waals surface area contributed by atoms with Crippen LogP contribution in [0.15, 0.2) is 135 Å². The van der Waals surface area contributed by atoms with E-state index in [1.165, 1.54) is 19.0 Å². The molecule has 0 radical (unpaired) electrons. The predicted octanol–water partition coefficient (Wildman–Crippen LogP) is 8.46. The Morgan fingerprint density at radius 3 is 1.67 bits per heavy atom. The van der Waals surface area contributed by atoms with Crippen LogP contribution in [0.3, 0.4) is 0 Å². The molecule has 0 bridgehead atoms. The van der Waals surface area contributed by atoms with Crippen LogP contribution in [0.1, 0.15) is 37.3 Å². The third kappa shape index (κ3) is 8.08. The van der Waals surface area contributed by atoms with Crippen molar-refractivity contribution in [2.75, 3.05) is 5.32 Å².